The summed E-state index contributed by atoms with van der Waals surface area (Å²) < 4.78 is 20.9. The molecule has 6 nitrogen and oxygen atoms in total. The highest BCUT2D eigenvalue weighted by atomic mass is 32.2. The lowest BCUT2D eigenvalue weighted by Gasteiger charge is -2.10. The number of carbonyl (C=O) groups excluding carboxylic acids is 1. The summed E-state index contributed by atoms with van der Waals surface area (Å²) in [6.45, 7) is 4.91. The van der Waals surface area contributed by atoms with Gasteiger partial charge in [-0.15, -0.1) is 10.2 Å². The largest absolute Gasteiger partial charge is 0.497 e. The average molecular weight is 443 g/mol. The van der Waals surface area contributed by atoms with Gasteiger partial charge in [-0.3, -0.25) is 4.79 Å². The fourth-order valence-electron chi connectivity index (χ4n) is 3.00. The maximum absolute atomic E-state index is 13.7. The number of nitrogens with zero attached hydrogens (tertiary/aromatic N) is 3. The lowest BCUT2D eigenvalue weighted by Crippen LogP contribution is -2.24. The SMILES string of the molecule is CCCCn1c(SCC(=O)NCc2ccc(C)c(F)c2)nnc1-c1ccc(OC)cc1. The molecule has 3 rings (SSSR count). The fourth-order valence-corrected chi connectivity index (χ4v) is 3.79. The van der Waals surface area contributed by atoms with E-state index in [-0.39, 0.29) is 24.0 Å². The first kappa shape index (κ1) is 22.8. The highest BCUT2D eigenvalue weighted by Gasteiger charge is 2.15. The minimum Gasteiger partial charge on any atom is -0.497 e. The minimum absolute atomic E-state index is 0.137. The molecule has 2 aromatic carbocycles. The van der Waals surface area contributed by atoms with E-state index in [1.54, 1.807) is 20.1 Å². The van der Waals surface area contributed by atoms with E-state index >= 15 is 0 Å². The number of methoxy groups -OCH3 is 1. The summed E-state index contributed by atoms with van der Waals surface area (Å²) in [6.07, 6.45) is 2.03. The molecule has 1 heterocycles. The van der Waals surface area contributed by atoms with Crippen molar-refractivity contribution in [3.63, 3.8) is 0 Å². The number of halogens is 1. The average Bonchev–Trinajstić information content (AvgIpc) is 3.19. The molecule has 0 bridgehead atoms. The first-order valence-corrected chi connectivity index (χ1v) is 11.2. The molecule has 0 unspecified atom stereocenters. The van der Waals surface area contributed by atoms with Gasteiger partial charge in [0.1, 0.15) is 11.6 Å². The van der Waals surface area contributed by atoms with Crippen LogP contribution >= 0.6 is 11.8 Å². The maximum atomic E-state index is 13.7. The number of carbonyl (C=O) groups is 1. The smallest absolute Gasteiger partial charge is 0.230 e. The van der Waals surface area contributed by atoms with E-state index < -0.39 is 0 Å². The molecule has 8 heteroatoms. The first-order chi connectivity index (χ1) is 15.0. The molecule has 0 aliphatic carbocycles. The molecule has 164 valence electrons. The van der Waals surface area contributed by atoms with Gasteiger partial charge < -0.3 is 14.6 Å². The van der Waals surface area contributed by atoms with Crippen LogP contribution in [0.15, 0.2) is 47.6 Å². The summed E-state index contributed by atoms with van der Waals surface area (Å²) in [5, 5.41) is 12.2. The van der Waals surface area contributed by atoms with Crippen molar-refractivity contribution in [2.75, 3.05) is 12.9 Å². The van der Waals surface area contributed by atoms with E-state index in [2.05, 4.69) is 27.0 Å². The molecule has 0 aliphatic heterocycles. The van der Waals surface area contributed by atoms with Crippen LogP contribution < -0.4 is 10.1 Å². The lowest BCUT2D eigenvalue weighted by atomic mass is 10.1. The molecule has 1 N–H and O–H groups in total. The Labute approximate surface area is 186 Å². The number of hydrogen-bond acceptors (Lipinski definition) is 5. The molecular formula is C23H27FN4O2S. The highest BCUT2D eigenvalue weighted by molar-refractivity contribution is 7.99. The summed E-state index contributed by atoms with van der Waals surface area (Å²) in [5.74, 6) is 1.36. The van der Waals surface area contributed by atoms with E-state index in [0.29, 0.717) is 10.7 Å². The molecule has 0 aliphatic rings. The maximum Gasteiger partial charge on any atom is 0.230 e. The summed E-state index contributed by atoms with van der Waals surface area (Å²) >= 11 is 1.35. The third-order valence-corrected chi connectivity index (χ3v) is 5.83. The Morgan fingerprint density at radius 3 is 2.65 bits per heavy atom. The standard InChI is InChI=1S/C23H27FN4O2S/c1-4-5-12-28-22(18-8-10-19(30-3)11-9-18)26-27-23(28)31-15-21(29)25-14-17-7-6-16(2)20(24)13-17/h6-11,13H,4-5,12,14-15H2,1-3H3,(H,25,29). The molecule has 0 saturated carbocycles. The van der Waals surface area contributed by atoms with Gasteiger partial charge in [0.2, 0.25) is 5.91 Å². The monoisotopic (exact) mass is 442 g/mol. The second-order valence-electron chi connectivity index (χ2n) is 7.19. The molecule has 0 saturated heterocycles. The third kappa shape index (κ3) is 6.07. The molecule has 3 aromatic rings. The van der Waals surface area contributed by atoms with E-state index in [9.17, 15) is 9.18 Å². The van der Waals surface area contributed by atoms with Gasteiger partial charge in [0.05, 0.1) is 12.9 Å². The second-order valence-corrected chi connectivity index (χ2v) is 8.13. The van der Waals surface area contributed by atoms with Gasteiger partial charge in [-0.05, 0) is 54.8 Å². The number of hydrogen-bond donors (Lipinski definition) is 1. The summed E-state index contributed by atoms with van der Waals surface area (Å²) in [4.78, 5) is 12.3. The van der Waals surface area contributed by atoms with Gasteiger partial charge in [-0.25, -0.2) is 4.39 Å². The van der Waals surface area contributed by atoms with Gasteiger partial charge in [0.15, 0.2) is 11.0 Å². The summed E-state index contributed by atoms with van der Waals surface area (Å²) in [5.41, 5.74) is 2.26. The molecule has 1 aromatic heterocycles. The van der Waals surface area contributed by atoms with Crippen LogP contribution in [-0.2, 0) is 17.9 Å². The van der Waals surface area contributed by atoms with Gasteiger partial charge in [0, 0.05) is 18.7 Å². The van der Waals surface area contributed by atoms with Crippen LogP contribution in [0.4, 0.5) is 4.39 Å². The zero-order chi connectivity index (χ0) is 22.2. The molecule has 0 atom stereocenters. The predicted octanol–water partition coefficient (Wildman–Crippen LogP) is 4.61. The van der Waals surface area contributed by atoms with Gasteiger partial charge in [-0.2, -0.15) is 0 Å². The van der Waals surface area contributed by atoms with E-state index in [4.69, 9.17) is 4.74 Å². The number of thioether (sulfide) groups is 1. The number of ether oxygens (including phenoxy) is 1. The van der Waals surface area contributed by atoms with Gasteiger partial charge in [-0.1, -0.05) is 37.2 Å². The molecular weight excluding hydrogens is 415 g/mol. The fraction of sp³-hybridized carbons (Fsp3) is 0.348. The quantitative estimate of drug-likeness (QED) is 0.465. The Morgan fingerprint density at radius 2 is 1.97 bits per heavy atom. The molecule has 0 spiro atoms. The van der Waals surface area contributed by atoms with Crippen molar-refractivity contribution in [1.82, 2.24) is 20.1 Å². The third-order valence-electron chi connectivity index (χ3n) is 4.86. The Bertz CT molecular complexity index is 1020. The number of aryl methyl sites for hydroxylation is 1. The van der Waals surface area contributed by atoms with Crippen LogP contribution in [0.1, 0.15) is 30.9 Å². The van der Waals surface area contributed by atoms with Crippen LogP contribution in [0.2, 0.25) is 0 Å². The van der Waals surface area contributed by atoms with Crippen molar-refractivity contribution in [1.29, 1.82) is 0 Å². The first-order valence-electron chi connectivity index (χ1n) is 10.2. The van der Waals surface area contributed by atoms with E-state index in [0.717, 1.165) is 42.1 Å². The van der Waals surface area contributed by atoms with Crippen molar-refractivity contribution in [3.8, 4) is 17.1 Å². The van der Waals surface area contributed by atoms with Crippen LogP contribution in [0.5, 0.6) is 5.75 Å². The van der Waals surface area contributed by atoms with Crippen molar-refractivity contribution in [2.45, 2.75) is 44.9 Å². The molecule has 31 heavy (non-hydrogen) atoms. The lowest BCUT2D eigenvalue weighted by molar-refractivity contribution is -0.118. The van der Waals surface area contributed by atoms with Crippen LogP contribution in [0.3, 0.4) is 0 Å². The summed E-state index contributed by atoms with van der Waals surface area (Å²) in [6, 6.07) is 12.7. The number of unbranched alkanes of at least 4 members (excludes halogenated alkanes) is 1. The topological polar surface area (TPSA) is 69.0 Å². The number of amides is 1. The van der Waals surface area contributed by atoms with Gasteiger partial charge in [0.25, 0.3) is 0 Å². The van der Waals surface area contributed by atoms with Crippen molar-refractivity contribution in [3.05, 3.63) is 59.4 Å². The number of benzene rings is 2. The van der Waals surface area contributed by atoms with Gasteiger partial charge >= 0.3 is 0 Å². The molecule has 1 amide bonds. The Kier molecular flexibility index (Phi) is 8.06. The number of rotatable bonds is 10. The van der Waals surface area contributed by atoms with Crippen molar-refractivity contribution < 1.29 is 13.9 Å². The predicted molar refractivity (Wildman–Crippen MR) is 121 cm³/mol. The zero-order valence-electron chi connectivity index (χ0n) is 18.0. The Morgan fingerprint density at radius 1 is 1.19 bits per heavy atom. The highest BCUT2D eigenvalue weighted by Crippen LogP contribution is 2.26. The van der Waals surface area contributed by atoms with E-state index in [1.165, 1.54) is 17.8 Å². The molecule has 0 fully saturated rings. The van der Waals surface area contributed by atoms with E-state index in [1.807, 2.05) is 30.3 Å². The number of nitrogens with one attached hydrogen (secondary N) is 1. The zero-order valence-corrected chi connectivity index (χ0v) is 18.8. The second kappa shape index (κ2) is 10.9. The normalized spacial score (nSPS) is 10.8. The Hall–Kier alpha value is -2.87. The van der Waals surface area contributed by atoms with Crippen LogP contribution in [-0.4, -0.2) is 33.5 Å². The Balaban J connectivity index is 1.65. The minimum atomic E-state index is -0.267. The van der Waals surface area contributed by atoms with Crippen LogP contribution in [0.25, 0.3) is 11.4 Å². The summed E-state index contributed by atoms with van der Waals surface area (Å²) in [7, 11) is 1.63. The number of aromatic nitrogens is 3. The van der Waals surface area contributed by atoms with Crippen LogP contribution in [0, 0.1) is 12.7 Å². The van der Waals surface area contributed by atoms with Crippen molar-refractivity contribution in [2.24, 2.45) is 0 Å². The molecule has 0 radical (unpaired) electrons. The van der Waals surface area contributed by atoms with Crippen molar-refractivity contribution >= 4 is 17.7 Å².